The molecule has 6 nitrogen and oxygen atoms in total. The first-order chi connectivity index (χ1) is 16.3. The van der Waals surface area contributed by atoms with Gasteiger partial charge in [0.15, 0.2) is 6.61 Å². The van der Waals surface area contributed by atoms with E-state index in [1.165, 1.54) is 32.0 Å². The molecular weight excluding hydrogens is 532 g/mol. The van der Waals surface area contributed by atoms with Crippen LogP contribution in [-0.2, 0) is 20.8 Å². The molecule has 35 heavy (non-hydrogen) atoms. The van der Waals surface area contributed by atoms with Gasteiger partial charge in [0.1, 0.15) is 11.8 Å². The predicted octanol–water partition coefficient (Wildman–Crippen LogP) is 5.03. The summed E-state index contributed by atoms with van der Waals surface area (Å²) in [5, 5.41) is 5.55. The number of ether oxygens (including phenoxy) is 1. The Morgan fingerprint density at radius 3 is 2.00 bits per heavy atom. The lowest BCUT2D eigenvalue weighted by Gasteiger charge is -2.25. The molecule has 2 amide bonds. The van der Waals surface area contributed by atoms with Gasteiger partial charge in [0, 0.05) is 21.5 Å². The maximum absolute atomic E-state index is 13.0. The summed E-state index contributed by atoms with van der Waals surface area (Å²) in [6.07, 6.45) is -5.22. The molecule has 0 aliphatic heterocycles. The van der Waals surface area contributed by atoms with Crippen molar-refractivity contribution in [1.82, 2.24) is 10.6 Å². The minimum atomic E-state index is -5.14. The molecule has 0 radical (unpaired) electrons. The second-order valence-electron chi connectivity index (χ2n) is 7.94. The fraction of sp³-hybridized carbons (Fsp3) is 0.348. The van der Waals surface area contributed by atoms with Crippen molar-refractivity contribution in [2.45, 2.75) is 38.5 Å². The summed E-state index contributed by atoms with van der Waals surface area (Å²) < 4.78 is 44.4. The van der Waals surface area contributed by atoms with E-state index >= 15 is 0 Å². The van der Waals surface area contributed by atoms with Crippen molar-refractivity contribution in [1.29, 1.82) is 0 Å². The number of amides is 2. The zero-order valence-electron chi connectivity index (χ0n) is 18.6. The van der Waals surface area contributed by atoms with Crippen LogP contribution in [0.15, 0.2) is 42.5 Å². The summed E-state index contributed by atoms with van der Waals surface area (Å²) in [5.41, 5.74) is 0.570. The Labute approximate surface area is 215 Å². The standard InChI is InChI=1S/C23H22Cl3F3N2O4/c1-12(2)20(21(33)23(27,28)29)31-22(34)18(7-13-3-5-14(24)6-4-13)30-19(32)11-35-17-9-15(25)8-16(26)10-17/h3-6,8-10,12,18,20H,7,11H2,1-2H3,(H,30,32)(H,31,34). The van der Waals surface area contributed by atoms with Crippen LogP contribution in [0.2, 0.25) is 15.1 Å². The van der Waals surface area contributed by atoms with Crippen LogP contribution < -0.4 is 15.4 Å². The Balaban J connectivity index is 2.18. The monoisotopic (exact) mass is 552 g/mol. The number of alkyl halides is 3. The van der Waals surface area contributed by atoms with Gasteiger partial charge in [0.25, 0.3) is 11.7 Å². The number of Topliss-reactive ketones (excluding diaryl/α,β-unsaturated/α-hetero) is 1. The number of benzene rings is 2. The quantitative estimate of drug-likeness (QED) is 0.433. The summed E-state index contributed by atoms with van der Waals surface area (Å²) in [7, 11) is 0. The van der Waals surface area contributed by atoms with Crippen LogP contribution in [0.5, 0.6) is 5.75 Å². The van der Waals surface area contributed by atoms with Gasteiger partial charge in [-0.2, -0.15) is 13.2 Å². The van der Waals surface area contributed by atoms with Crippen molar-refractivity contribution >= 4 is 52.4 Å². The molecule has 0 spiro atoms. The molecule has 0 aromatic heterocycles. The summed E-state index contributed by atoms with van der Waals surface area (Å²) in [5.74, 6) is -4.43. The van der Waals surface area contributed by atoms with Gasteiger partial charge in [-0.1, -0.05) is 60.8 Å². The number of hydrogen-bond donors (Lipinski definition) is 2. The van der Waals surface area contributed by atoms with Crippen LogP contribution >= 0.6 is 34.8 Å². The molecule has 190 valence electrons. The summed E-state index contributed by atoms with van der Waals surface area (Å²) in [6, 6.07) is 7.50. The average Bonchev–Trinajstić information content (AvgIpc) is 2.75. The van der Waals surface area contributed by atoms with E-state index in [9.17, 15) is 27.6 Å². The highest BCUT2D eigenvalue weighted by atomic mass is 35.5. The van der Waals surface area contributed by atoms with Gasteiger partial charge in [0.05, 0.1) is 6.04 Å². The smallest absolute Gasteiger partial charge is 0.452 e. The number of halogens is 6. The first kappa shape index (κ1) is 28.7. The molecule has 0 aliphatic carbocycles. The minimum absolute atomic E-state index is 0.0806. The van der Waals surface area contributed by atoms with Gasteiger partial charge in [-0.25, -0.2) is 0 Å². The van der Waals surface area contributed by atoms with Crippen molar-refractivity contribution in [2.75, 3.05) is 6.61 Å². The zero-order valence-corrected chi connectivity index (χ0v) is 20.9. The van der Waals surface area contributed by atoms with Gasteiger partial charge in [-0.05, 0) is 41.8 Å². The number of nitrogens with one attached hydrogen (secondary N) is 2. The highest BCUT2D eigenvalue weighted by molar-refractivity contribution is 6.34. The fourth-order valence-corrected chi connectivity index (χ4v) is 3.66. The maximum atomic E-state index is 13.0. The van der Waals surface area contributed by atoms with Gasteiger partial charge >= 0.3 is 6.18 Å². The highest BCUT2D eigenvalue weighted by Crippen LogP contribution is 2.24. The third-order valence-corrected chi connectivity index (χ3v) is 5.43. The van der Waals surface area contributed by atoms with Crippen molar-refractivity contribution in [3.63, 3.8) is 0 Å². The van der Waals surface area contributed by atoms with Crippen LogP contribution in [0.4, 0.5) is 13.2 Å². The summed E-state index contributed by atoms with van der Waals surface area (Å²) in [4.78, 5) is 37.2. The Morgan fingerprint density at radius 2 is 1.49 bits per heavy atom. The number of carbonyl (C=O) groups excluding carboxylic acids is 3. The predicted molar refractivity (Wildman–Crippen MR) is 127 cm³/mol. The number of rotatable bonds is 10. The van der Waals surface area contributed by atoms with Crippen LogP contribution in [0.25, 0.3) is 0 Å². The van der Waals surface area contributed by atoms with E-state index in [0.29, 0.717) is 10.6 Å². The molecule has 0 saturated carbocycles. The van der Waals surface area contributed by atoms with Crippen LogP contribution in [-0.4, -0.2) is 42.5 Å². The minimum Gasteiger partial charge on any atom is -0.484 e. The van der Waals surface area contributed by atoms with Gasteiger partial charge in [-0.3, -0.25) is 14.4 Å². The van der Waals surface area contributed by atoms with E-state index in [1.807, 2.05) is 0 Å². The third-order valence-electron chi connectivity index (χ3n) is 4.74. The Bertz CT molecular complexity index is 1040. The van der Waals surface area contributed by atoms with E-state index in [1.54, 1.807) is 24.3 Å². The molecule has 2 atom stereocenters. The topological polar surface area (TPSA) is 84.5 Å². The highest BCUT2D eigenvalue weighted by Gasteiger charge is 2.45. The number of carbonyl (C=O) groups is 3. The SMILES string of the molecule is CC(C)C(NC(=O)C(Cc1ccc(Cl)cc1)NC(=O)COc1cc(Cl)cc(Cl)c1)C(=O)C(F)(F)F. The molecule has 0 heterocycles. The first-order valence-corrected chi connectivity index (χ1v) is 11.4. The molecule has 0 bridgehead atoms. The van der Waals surface area contributed by atoms with Crippen LogP contribution in [0.3, 0.4) is 0 Å². The lowest BCUT2D eigenvalue weighted by molar-refractivity contribution is -0.175. The first-order valence-electron chi connectivity index (χ1n) is 10.3. The molecule has 0 saturated heterocycles. The summed E-state index contributed by atoms with van der Waals surface area (Å²) >= 11 is 17.6. The van der Waals surface area contributed by atoms with Crippen molar-refractivity contribution in [3.05, 3.63) is 63.1 Å². The molecule has 2 aromatic carbocycles. The van der Waals surface area contributed by atoms with Crippen molar-refractivity contribution in [2.24, 2.45) is 5.92 Å². The second kappa shape index (κ2) is 12.5. The third kappa shape index (κ3) is 9.23. The second-order valence-corrected chi connectivity index (χ2v) is 9.25. The molecule has 0 aliphatic rings. The van der Waals surface area contributed by atoms with Gasteiger partial charge in [-0.15, -0.1) is 0 Å². The van der Waals surface area contributed by atoms with E-state index in [0.717, 1.165) is 0 Å². The number of ketones is 1. The summed E-state index contributed by atoms with van der Waals surface area (Å²) in [6.45, 7) is 2.20. The maximum Gasteiger partial charge on any atom is 0.452 e. The molecule has 2 aromatic rings. The molecule has 2 unspecified atom stereocenters. The largest absolute Gasteiger partial charge is 0.484 e. The molecule has 2 rings (SSSR count). The fourth-order valence-electron chi connectivity index (χ4n) is 3.03. The van der Waals surface area contributed by atoms with E-state index < -0.39 is 48.4 Å². The molecule has 0 fully saturated rings. The Hall–Kier alpha value is -2.49. The van der Waals surface area contributed by atoms with E-state index in [4.69, 9.17) is 39.5 Å². The van der Waals surface area contributed by atoms with E-state index in [2.05, 4.69) is 10.6 Å². The number of hydrogen-bond acceptors (Lipinski definition) is 4. The molecule has 12 heteroatoms. The van der Waals surface area contributed by atoms with Crippen molar-refractivity contribution in [3.8, 4) is 5.75 Å². The Kier molecular flexibility index (Phi) is 10.2. The van der Waals surface area contributed by atoms with Gasteiger partial charge < -0.3 is 15.4 Å². The molecule has 2 N–H and O–H groups in total. The lowest BCUT2D eigenvalue weighted by atomic mass is 9.98. The van der Waals surface area contributed by atoms with Crippen LogP contribution in [0.1, 0.15) is 19.4 Å². The average molecular weight is 554 g/mol. The van der Waals surface area contributed by atoms with Gasteiger partial charge in [0.2, 0.25) is 5.91 Å². The zero-order chi connectivity index (χ0) is 26.3. The molecular formula is C23H22Cl3F3N2O4. The normalized spacial score (nSPS) is 13.2. The van der Waals surface area contributed by atoms with Crippen LogP contribution in [0, 0.1) is 5.92 Å². The Morgan fingerprint density at radius 1 is 0.914 bits per heavy atom. The lowest BCUT2D eigenvalue weighted by Crippen LogP contribution is -2.56. The van der Waals surface area contributed by atoms with Crippen molar-refractivity contribution < 1.29 is 32.3 Å². The van der Waals surface area contributed by atoms with E-state index in [-0.39, 0.29) is 22.2 Å².